The highest BCUT2D eigenvalue weighted by molar-refractivity contribution is 5.94. The zero-order valence-electron chi connectivity index (χ0n) is 18.7. The van der Waals surface area contributed by atoms with Gasteiger partial charge in [-0.2, -0.15) is 0 Å². The van der Waals surface area contributed by atoms with Crippen LogP contribution in [0.5, 0.6) is 5.75 Å². The Balaban J connectivity index is 1.99. The van der Waals surface area contributed by atoms with Gasteiger partial charge in [-0.05, 0) is 48.7 Å². The molecule has 0 saturated heterocycles. The summed E-state index contributed by atoms with van der Waals surface area (Å²) in [5, 5.41) is 9.36. The van der Waals surface area contributed by atoms with Crippen molar-refractivity contribution in [2.45, 2.75) is 32.6 Å². The van der Waals surface area contributed by atoms with Crippen LogP contribution in [0.4, 0.5) is 0 Å². The number of methoxy groups -OCH3 is 1. The number of aliphatic imine (C=N–C) groups is 1. The van der Waals surface area contributed by atoms with E-state index in [9.17, 15) is 4.79 Å². The van der Waals surface area contributed by atoms with Crippen LogP contribution in [-0.2, 0) is 11.8 Å². The number of rotatable bonds is 9. The van der Waals surface area contributed by atoms with E-state index in [1.54, 1.807) is 14.2 Å². The lowest BCUT2D eigenvalue weighted by atomic mass is 9.85. The van der Waals surface area contributed by atoms with Gasteiger partial charge < -0.3 is 20.7 Å². The van der Waals surface area contributed by atoms with E-state index >= 15 is 0 Å². The standard InChI is InChI=1S/C24H34N4O2/c1-6-26-23(27-14-13-18-9-7-10-19(15-18)22(29)25-4)28-17-24(2,3)20-11-8-12-21(16-20)30-5/h7-12,15-16H,6,13-14,17H2,1-5H3,(H,25,29)(H2,26,27,28). The second kappa shape index (κ2) is 11.2. The van der Waals surface area contributed by atoms with E-state index in [-0.39, 0.29) is 11.3 Å². The number of ether oxygens (including phenoxy) is 1. The summed E-state index contributed by atoms with van der Waals surface area (Å²) in [7, 11) is 3.32. The van der Waals surface area contributed by atoms with Crippen LogP contribution >= 0.6 is 0 Å². The van der Waals surface area contributed by atoms with Gasteiger partial charge in [0.25, 0.3) is 5.91 Å². The van der Waals surface area contributed by atoms with Crippen LogP contribution in [0.1, 0.15) is 42.3 Å². The number of nitrogens with one attached hydrogen (secondary N) is 3. The van der Waals surface area contributed by atoms with Crippen LogP contribution in [0, 0.1) is 0 Å². The van der Waals surface area contributed by atoms with E-state index in [4.69, 9.17) is 9.73 Å². The molecule has 2 rings (SSSR count). The molecule has 6 nitrogen and oxygen atoms in total. The SMILES string of the molecule is CCNC(=NCC(C)(C)c1cccc(OC)c1)NCCc1cccc(C(=O)NC)c1. The van der Waals surface area contributed by atoms with E-state index in [0.717, 1.165) is 36.8 Å². The molecule has 0 unspecified atom stereocenters. The molecule has 1 amide bonds. The Morgan fingerprint density at radius 1 is 1.10 bits per heavy atom. The molecule has 0 aliphatic carbocycles. The number of carbonyl (C=O) groups is 1. The van der Waals surface area contributed by atoms with Gasteiger partial charge in [0.2, 0.25) is 0 Å². The van der Waals surface area contributed by atoms with Gasteiger partial charge >= 0.3 is 0 Å². The minimum absolute atomic E-state index is 0.0699. The molecule has 30 heavy (non-hydrogen) atoms. The van der Waals surface area contributed by atoms with Gasteiger partial charge in [0.15, 0.2) is 5.96 Å². The van der Waals surface area contributed by atoms with Crippen LogP contribution in [0.15, 0.2) is 53.5 Å². The highest BCUT2D eigenvalue weighted by atomic mass is 16.5. The zero-order chi connectivity index (χ0) is 22.0. The van der Waals surface area contributed by atoms with E-state index < -0.39 is 0 Å². The predicted molar refractivity (Wildman–Crippen MR) is 124 cm³/mol. The third-order valence-electron chi connectivity index (χ3n) is 4.95. The quantitative estimate of drug-likeness (QED) is 0.439. The minimum atomic E-state index is -0.126. The Bertz CT molecular complexity index is 862. The van der Waals surface area contributed by atoms with Crippen molar-refractivity contribution in [3.05, 3.63) is 65.2 Å². The van der Waals surface area contributed by atoms with E-state index in [0.29, 0.717) is 12.1 Å². The van der Waals surface area contributed by atoms with Crippen molar-refractivity contribution >= 4 is 11.9 Å². The number of benzene rings is 2. The lowest BCUT2D eigenvalue weighted by Gasteiger charge is -2.24. The molecule has 2 aromatic carbocycles. The average Bonchev–Trinajstić information content (AvgIpc) is 2.77. The van der Waals surface area contributed by atoms with Gasteiger partial charge in [0.1, 0.15) is 5.75 Å². The maximum Gasteiger partial charge on any atom is 0.251 e. The molecule has 0 saturated carbocycles. The summed E-state index contributed by atoms with van der Waals surface area (Å²) in [6, 6.07) is 15.8. The van der Waals surface area contributed by atoms with Gasteiger partial charge in [-0.25, -0.2) is 0 Å². The highest BCUT2D eigenvalue weighted by Crippen LogP contribution is 2.26. The monoisotopic (exact) mass is 410 g/mol. The third kappa shape index (κ3) is 6.79. The maximum atomic E-state index is 11.8. The number of hydrogen-bond donors (Lipinski definition) is 3. The Hall–Kier alpha value is -3.02. The Morgan fingerprint density at radius 2 is 1.87 bits per heavy atom. The summed E-state index contributed by atoms with van der Waals surface area (Å²) < 4.78 is 5.35. The number of hydrogen-bond acceptors (Lipinski definition) is 3. The predicted octanol–water partition coefficient (Wildman–Crippen LogP) is 3.13. The smallest absolute Gasteiger partial charge is 0.251 e. The summed E-state index contributed by atoms with van der Waals surface area (Å²) in [6.07, 6.45) is 0.800. The average molecular weight is 411 g/mol. The molecule has 0 atom stereocenters. The van der Waals surface area contributed by atoms with Crippen LogP contribution < -0.4 is 20.7 Å². The van der Waals surface area contributed by atoms with Gasteiger partial charge in [-0.1, -0.05) is 38.1 Å². The number of guanidine groups is 1. The Labute approximate surface area is 180 Å². The molecule has 2 aromatic rings. The molecule has 3 N–H and O–H groups in total. The fourth-order valence-corrected chi connectivity index (χ4v) is 3.09. The van der Waals surface area contributed by atoms with E-state index in [1.807, 2.05) is 36.4 Å². The maximum absolute atomic E-state index is 11.8. The second-order valence-corrected chi connectivity index (χ2v) is 7.77. The fraction of sp³-hybridized carbons (Fsp3) is 0.417. The van der Waals surface area contributed by atoms with Crippen molar-refractivity contribution in [1.82, 2.24) is 16.0 Å². The van der Waals surface area contributed by atoms with Crippen molar-refractivity contribution in [3.63, 3.8) is 0 Å². The molecule has 0 heterocycles. The molecule has 6 heteroatoms. The zero-order valence-corrected chi connectivity index (χ0v) is 18.7. The molecular formula is C24H34N4O2. The second-order valence-electron chi connectivity index (χ2n) is 7.77. The molecule has 0 spiro atoms. The summed E-state index contributed by atoms with van der Waals surface area (Å²) in [6.45, 7) is 8.57. The Morgan fingerprint density at radius 3 is 2.57 bits per heavy atom. The van der Waals surface area contributed by atoms with Gasteiger partial charge in [0.05, 0.1) is 13.7 Å². The van der Waals surface area contributed by atoms with Gasteiger partial charge in [0, 0.05) is 31.1 Å². The molecule has 0 aliphatic heterocycles. The van der Waals surface area contributed by atoms with Crippen molar-refractivity contribution < 1.29 is 9.53 Å². The first-order valence-electron chi connectivity index (χ1n) is 10.4. The van der Waals surface area contributed by atoms with Crippen LogP contribution in [0.2, 0.25) is 0 Å². The van der Waals surface area contributed by atoms with Crippen molar-refractivity contribution in [1.29, 1.82) is 0 Å². The first-order chi connectivity index (χ1) is 14.4. The van der Waals surface area contributed by atoms with Crippen molar-refractivity contribution in [3.8, 4) is 5.75 Å². The third-order valence-corrected chi connectivity index (χ3v) is 4.95. The lowest BCUT2D eigenvalue weighted by molar-refractivity contribution is 0.0963. The van der Waals surface area contributed by atoms with Gasteiger partial charge in [-0.3, -0.25) is 9.79 Å². The highest BCUT2D eigenvalue weighted by Gasteiger charge is 2.21. The summed E-state index contributed by atoms with van der Waals surface area (Å²) in [5.41, 5.74) is 2.85. The minimum Gasteiger partial charge on any atom is -0.497 e. The lowest BCUT2D eigenvalue weighted by Crippen LogP contribution is -2.39. The molecule has 0 aromatic heterocycles. The molecule has 162 valence electrons. The van der Waals surface area contributed by atoms with Crippen molar-refractivity contribution in [2.24, 2.45) is 4.99 Å². The van der Waals surface area contributed by atoms with E-state index in [1.165, 1.54) is 5.56 Å². The molecule has 0 radical (unpaired) electrons. The summed E-state index contributed by atoms with van der Waals surface area (Å²) in [4.78, 5) is 16.6. The fourth-order valence-electron chi connectivity index (χ4n) is 3.09. The summed E-state index contributed by atoms with van der Waals surface area (Å²) in [5.74, 6) is 1.57. The normalized spacial score (nSPS) is 11.7. The molecule has 0 fully saturated rings. The largest absolute Gasteiger partial charge is 0.497 e. The summed E-state index contributed by atoms with van der Waals surface area (Å²) >= 11 is 0. The number of carbonyl (C=O) groups excluding carboxylic acids is 1. The van der Waals surface area contributed by atoms with Crippen molar-refractivity contribution in [2.75, 3.05) is 33.8 Å². The topological polar surface area (TPSA) is 74.8 Å². The first kappa shape index (κ1) is 23.3. The number of amides is 1. The van der Waals surface area contributed by atoms with E-state index in [2.05, 4.69) is 48.9 Å². The van der Waals surface area contributed by atoms with Crippen LogP contribution in [0.25, 0.3) is 0 Å². The van der Waals surface area contributed by atoms with Crippen LogP contribution in [-0.4, -0.2) is 45.7 Å². The molecule has 0 aliphatic rings. The molecular weight excluding hydrogens is 376 g/mol. The Kier molecular flexibility index (Phi) is 8.71. The number of nitrogens with zero attached hydrogens (tertiary/aromatic N) is 1. The van der Waals surface area contributed by atoms with Gasteiger partial charge in [-0.15, -0.1) is 0 Å². The molecule has 0 bridgehead atoms. The first-order valence-corrected chi connectivity index (χ1v) is 10.4. The van der Waals surface area contributed by atoms with Crippen LogP contribution in [0.3, 0.4) is 0 Å².